The van der Waals surface area contributed by atoms with E-state index in [1.165, 1.54) is 0 Å². The number of benzene rings is 1. The van der Waals surface area contributed by atoms with E-state index in [0.717, 1.165) is 25.2 Å². The van der Waals surface area contributed by atoms with Crippen LogP contribution in [0.15, 0.2) is 24.3 Å². The number of anilines is 1. The highest BCUT2D eigenvalue weighted by atomic mass is 35.5. The molecule has 0 bridgehead atoms. The number of carbonyl (C=O) groups excluding carboxylic acids is 1. The van der Waals surface area contributed by atoms with Gasteiger partial charge in [-0.1, -0.05) is 17.7 Å². The second-order valence-corrected chi connectivity index (χ2v) is 4.89. The van der Waals surface area contributed by atoms with E-state index in [9.17, 15) is 4.79 Å². The molecule has 1 amide bonds. The number of halogens is 2. The molecule has 5 heteroatoms. The van der Waals surface area contributed by atoms with Crippen LogP contribution in [0.3, 0.4) is 0 Å². The monoisotopic (exact) mass is 274 g/mol. The van der Waals surface area contributed by atoms with Gasteiger partial charge >= 0.3 is 0 Å². The molecule has 1 aromatic rings. The van der Waals surface area contributed by atoms with E-state index >= 15 is 0 Å². The Morgan fingerprint density at radius 1 is 1.53 bits per heavy atom. The van der Waals surface area contributed by atoms with Gasteiger partial charge in [0, 0.05) is 17.3 Å². The molecule has 1 unspecified atom stereocenters. The molecule has 0 radical (unpaired) electrons. The molecule has 1 atom stereocenters. The van der Waals surface area contributed by atoms with Crippen molar-refractivity contribution in [3.05, 3.63) is 29.3 Å². The van der Waals surface area contributed by atoms with Gasteiger partial charge < -0.3 is 10.6 Å². The van der Waals surface area contributed by atoms with Crippen molar-refractivity contribution in [2.45, 2.75) is 13.3 Å². The Balaban J connectivity index is 0.00000144. The lowest BCUT2D eigenvalue weighted by Crippen LogP contribution is -2.35. The fourth-order valence-corrected chi connectivity index (χ4v) is 2.05. The molecule has 3 nitrogen and oxygen atoms in total. The van der Waals surface area contributed by atoms with Crippen LogP contribution in [0.25, 0.3) is 0 Å². The third-order valence-corrected chi connectivity index (χ3v) is 3.23. The van der Waals surface area contributed by atoms with E-state index < -0.39 is 0 Å². The van der Waals surface area contributed by atoms with Crippen LogP contribution in [0.2, 0.25) is 5.02 Å². The summed E-state index contributed by atoms with van der Waals surface area (Å²) < 4.78 is 0. The van der Waals surface area contributed by atoms with E-state index in [1.54, 1.807) is 12.1 Å². The lowest BCUT2D eigenvalue weighted by molar-refractivity contribution is -0.123. The summed E-state index contributed by atoms with van der Waals surface area (Å²) in [4.78, 5) is 12.1. The van der Waals surface area contributed by atoms with Crippen molar-refractivity contribution in [2.24, 2.45) is 5.41 Å². The third kappa shape index (κ3) is 3.35. The highest BCUT2D eigenvalue weighted by molar-refractivity contribution is 6.30. The molecule has 1 fully saturated rings. The number of hydrogen-bond acceptors (Lipinski definition) is 2. The normalized spacial score (nSPS) is 22.9. The summed E-state index contributed by atoms with van der Waals surface area (Å²) in [5.41, 5.74) is 0.452. The fourth-order valence-electron chi connectivity index (χ4n) is 1.86. The number of rotatable bonds is 2. The maximum atomic E-state index is 12.1. The van der Waals surface area contributed by atoms with Crippen molar-refractivity contribution in [1.29, 1.82) is 0 Å². The summed E-state index contributed by atoms with van der Waals surface area (Å²) in [6.45, 7) is 3.62. The van der Waals surface area contributed by atoms with Crippen LogP contribution in [0.5, 0.6) is 0 Å². The van der Waals surface area contributed by atoms with Crippen LogP contribution in [-0.4, -0.2) is 19.0 Å². The second kappa shape index (κ2) is 5.71. The van der Waals surface area contributed by atoms with Crippen molar-refractivity contribution in [3.63, 3.8) is 0 Å². The molecular formula is C12H16Cl2N2O. The molecule has 17 heavy (non-hydrogen) atoms. The van der Waals surface area contributed by atoms with E-state index in [0.29, 0.717) is 5.02 Å². The molecule has 2 rings (SSSR count). The van der Waals surface area contributed by atoms with E-state index in [-0.39, 0.29) is 23.7 Å². The Labute approximate surface area is 112 Å². The standard InChI is InChI=1S/C12H15ClN2O.ClH/c1-12(5-6-14-8-12)11(16)15-10-4-2-3-9(13)7-10;/h2-4,7,14H,5-6,8H2,1H3,(H,15,16);1H. The topological polar surface area (TPSA) is 41.1 Å². The third-order valence-electron chi connectivity index (χ3n) is 3.00. The molecule has 1 aliphatic heterocycles. The Kier molecular flexibility index (Phi) is 4.80. The summed E-state index contributed by atoms with van der Waals surface area (Å²) >= 11 is 5.86. The Morgan fingerprint density at radius 3 is 2.88 bits per heavy atom. The molecular weight excluding hydrogens is 259 g/mol. The van der Waals surface area contributed by atoms with Crippen LogP contribution in [-0.2, 0) is 4.79 Å². The van der Waals surface area contributed by atoms with Gasteiger partial charge in [-0.25, -0.2) is 0 Å². The van der Waals surface area contributed by atoms with Crippen molar-refractivity contribution >= 4 is 35.6 Å². The van der Waals surface area contributed by atoms with E-state index in [1.807, 2.05) is 19.1 Å². The van der Waals surface area contributed by atoms with Crippen LogP contribution in [0.1, 0.15) is 13.3 Å². The van der Waals surface area contributed by atoms with Gasteiger partial charge in [0.05, 0.1) is 5.41 Å². The molecule has 1 heterocycles. The largest absolute Gasteiger partial charge is 0.326 e. The summed E-state index contributed by atoms with van der Waals surface area (Å²) in [6, 6.07) is 7.21. The van der Waals surface area contributed by atoms with E-state index in [4.69, 9.17) is 11.6 Å². The van der Waals surface area contributed by atoms with Gasteiger partial charge in [0.15, 0.2) is 0 Å². The highest BCUT2D eigenvalue weighted by Gasteiger charge is 2.36. The van der Waals surface area contributed by atoms with Crippen molar-refractivity contribution in [2.75, 3.05) is 18.4 Å². The van der Waals surface area contributed by atoms with Crippen LogP contribution >= 0.6 is 24.0 Å². The molecule has 0 saturated carbocycles. The Bertz CT molecular complexity index is 403. The summed E-state index contributed by atoms with van der Waals surface area (Å²) in [7, 11) is 0. The summed E-state index contributed by atoms with van der Waals surface area (Å²) in [5, 5.41) is 6.74. The second-order valence-electron chi connectivity index (χ2n) is 4.45. The Morgan fingerprint density at radius 2 is 2.29 bits per heavy atom. The summed E-state index contributed by atoms with van der Waals surface area (Å²) in [6.07, 6.45) is 0.874. The molecule has 1 aliphatic rings. The predicted octanol–water partition coefficient (Wildman–Crippen LogP) is 2.70. The van der Waals surface area contributed by atoms with Crippen LogP contribution in [0.4, 0.5) is 5.69 Å². The zero-order chi connectivity index (χ0) is 11.6. The Hall–Kier alpha value is -0.770. The molecule has 0 aliphatic carbocycles. The van der Waals surface area contributed by atoms with Gasteiger partial charge in [0.2, 0.25) is 5.91 Å². The average molecular weight is 275 g/mol. The summed E-state index contributed by atoms with van der Waals surface area (Å²) in [5.74, 6) is 0.0553. The minimum atomic E-state index is -0.303. The molecule has 1 aromatic carbocycles. The van der Waals surface area contributed by atoms with Gasteiger partial charge in [-0.15, -0.1) is 12.4 Å². The van der Waals surface area contributed by atoms with Gasteiger partial charge in [-0.2, -0.15) is 0 Å². The molecule has 0 aromatic heterocycles. The molecule has 94 valence electrons. The lowest BCUT2D eigenvalue weighted by Gasteiger charge is -2.21. The van der Waals surface area contributed by atoms with Crippen molar-refractivity contribution in [3.8, 4) is 0 Å². The SMILES string of the molecule is CC1(C(=O)Nc2cccc(Cl)c2)CCNC1.Cl. The number of carbonyl (C=O) groups is 1. The van der Waals surface area contributed by atoms with Crippen molar-refractivity contribution in [1.82, 2.24) is 5.32 Å². The van der Waals surface area contributed by atoms with Gasteiger partial charge in [0.1, 0.15) is 0 Å². The first-order valence-electron chi connectivity index (χ1n) is 5.38. The van der Waals surface area contributed by atoms with Crippen LogP contribution in [0, 0.1) is 5.41 Å². The zero-order valence-corrected chi connectivity index (χ0v) is 11.2. The molecule has 1 saturated heterocycles. The van der Waals surface area contributed by atoms with E-state index in [2.05, 4.69) is 10.6 Å². The van der Waals surface area contributed by atoms with Gasteiger partial charge in [0.25, 0.3) is 0 Å². The average Bonchev–Trinajstić information content (AvgIpc) is 2.66. The molecule has 0 spiro atoms. The quantitative estimate of drug-likeness (QED) is 0.871. The smallest absolute Gasteiger partial charge is 0.231 e. The predicted molar refractivity (Wildman–Crippen MR) is 72.9 cm³/mol. The first-order chi connectivity index (χ1) is 7.60. The highest BCUT2D eigenvalue weighted by Crippen LogP contribution is 2.26. The number of nitrogens with one attached hydrogen (secondary N) is 2. The lowest BCUT2D eigenvalue weighted by atomic mass is 9.89. The fraction of sp³-hybridized carbons (Fsp3) is 0.417. The molecule has 2 N–H and O–H groups in total. The maximum absolute atomic E-state index is 12.1. The first kappa shape index (κ1) is 14.3. The zero-order valence-electron chi connectivity index (χ0n) is 9.63. The van der Waals surface area contributed by atoms with Crippen LogP contribution < -0.4 is 10.6 Å². The van der Waals surface area contributed by atoms with Crippen molar-refractivity contribution < 1.29 is 4.79 Å². The number of hydrogen-bond donors (Lipinski definition) is 2. The van der Waals surface area contributed by atoms with Gasteiger partial charge in [-0.3, -0.25) is 4.79 Å². The number of amides is 1. The first-order valence-corrected chi connectivity index (χ1v) is 5.76. The maximum Gasteiger partial charge on any atom is 0.231 e. The minimum absolute atomic E-state index is 0. The minimum Gasteiger partial charge on any atom is -0.326 e. The van der Waals surface area contributed by atoms with Gasteiger partial charge in [-0.05, 0) is 38.1 Å².